The Bertz CT molecular complexity index is 456. The number of ether oxygens (including phenoxy) is 1. The lowest BCUT2D eigenvalue weighted by Gasteiger charge is -2.37. The van der Waals surface area contributed by atoms with E-state index in [1.165, 1.54) is 36.9 Å². The number of fused-ring (bicyclic) bond motifs is 1. The van der Waals surface area contributed by atoms with Crippen LogP contribution in [0.1, 0.15) is 51.0 Å². The van der Waals surface area contributed by atoms with E-state index in [0.29, 0.717) is 11.3 Å². The summed E-state index contributed by atoms with van der Waals surface area (Å²) in [6.07, 6.45) is 5.48. The van der Waals surface area contributed by atoms with Crippen molar-refractivity contribution >= 4 is 5.69 Å². The first-order valence-corrected chi connectivity index (χ1v) is 7.51. The summed E-state index contributed by atoms with van der Waals surface area (Å²) in [6, 6.07) is 6.46. The first-order valence-electron chi connectivity index (χ1n) is 7.51. The second kappa shape index (κ2) is 4.73. The minimum absolute atomic E-state index is 0.555. The van der Waals surface area contributed by atoms with Gasteiger partial charge in [0.25, 0.3) is 0 Å². The third-order valence-electron chi connectivity index (χ3n) is 5.12. The van der Waals surface area contributed by atoms with Gasteiger partial charge in [-0.15, -0.1) is 0 Å². The zero-order valence-electron chi connectivity index (χ0n) is 12.3. The van der Waals surface area contributed by atoms with E-state index in [-0.39, 0.29) is 0 Å². The van der Waals surface area contributed by atoms with Crippen molar-refractivity contribution in [2.24, 2.45) is 11.3 Å². The molecule has 0 bridgehead atoms. The van der Waals surface area contributed by atoms with Crippen LogP contribution in [0.15, 0.2) is 18.2 Å². The summed E-state index contributed by atoms with van der Waals surface area (Å²) in [5.41, 5.74) is 3.35. The Morgan fingerprint density at radius 3 is 2.63 bits per heavy atom. The molecule has 1 aliphatic carbocycles. The molecule has 0 spiro atoms. The highest BCUT2D eigenvalue weighted by Gasteiger charge is 2.35. The number of methoxy groups -OCH3 is 1. The van der Waals surface area contributed by atoms with Crippen LogP contribution in [0.3, 0.4) is 0 Å². The van der Waals surface area contributed by atoms with Crippen molar-refractivity contribution in [3.05, 3.63) is 23.8 Å². The van der Waals surface area contributed by atoms with Gasteiger partial charge in [0.2, 0.25) is 0 Å². The van der Waals surface area contributed by atoms with Crippen molar-refractivity contribution in [1.82, 2.24) is 0 Å². The fraction of sp³-hybridized carbons (Fsp3) is 0.647. The molecule has 0 saturated heterocycles. The Labute approximate surface area is 116 Å². The van der Waals surface area contributed by atoms with Crippen molar-refractivity contribution in [2.75, 3.05) is 19.0 Å². The molecule has 0 amide bonds. The Morgan fingerprint density at radius 2 is 1.95 bits per heavy atom. The minimum Gasteiger partial charge on any atom is -0.497 e. The van der Waals surface area contributed by atoms with Crippen LogP contribution in [0.4, 0.5) is 5.69 Å². The molecule has 1 saturated carbocycles. The molecule has 1 aliphatic heterocycles. The predicted octanol–water partition coefficient (Wildman–Crippen LogP) is 4.42. The van der Waals surface area contributed by atoms with Gasteiger partial charge < -0.3 is 10.1 Å². The van der Waals surface area contributed by atoms with Crippen LogP contribution >= 0.6 is 0 Å². The highest BCUT2D eigenvalue weighted by atomic mass is 16.5. The van der Waals surface area contributed by atoms with Crippen molar-refractivity contribution in [1.29, 1.82) is 0 Å². The van der Waals surface area contributed by atoms with Gasteiger partial charge in [0.05, 0.1) is 7.11 Å². The zero-order valence-corrected chi connectivity index (χ0v) is 12.3. The first-order chi connectivity index (χ1) is 9.09. The molecule has 2 heteroatoms. The van der Waals surface area contributed by atoms with Crippen LogP contribution in [0.25, 0.3) is 0 Å². The third-order valence-corrected chi connectivity index (χ3v) is 5.12. The van der Waals surface area contributed by atoms with Gasteiger partial charge in [-0.3, -0.25) is 0 Å². The molecule has 2 nitrogen and oxygen atoms in total. The van der Waals surface area contributed by atoms with Crippen LogP contribution in [-0.4, -0.2) is 13.7 Å². The highest BCUT2D eigenvalue weighted by Crippen LogP contribution is 2.47. The van der Waals surface area contributed by atoms with Gasteiger partial charge >= 0.3 is 0 Å². The molecule has 1 aromatic carbocycles. The molecule has 3 rings (SSSR count). The number of rotatable bonds is 2. The third kappa shape index (κ3) is 2.45. The van der Waals surface area contributed by atoms with Gasteiger partial charge in [0.1, 0.15) is 5.75 Å². The van der Waals surface area contributed by atoms with Crippen molar-refractivity contribution in [3.8, 4) is 5.75 Å². The standard InChI is InChI=1S/C17H25NO/c1-17(2)8-6-12(7-9-17)15-11-18-16-5-4-13(19-3)10-14(15)16/h4-5,10,12,15,18H,6-9,11H2,1-3H3. The number of hydrogen-bond acceptors (Lipinski definition) is 2. The van der Waals surface area contributed by atoms with E-state index in [4.69, 9.17) is 4.74 Å². The maximum Gasteiger partial charge on any atom is 0.119 e. The van der Waals surface area contributed by atoms with Gasteiger partial charge in [0, 0.05) is 18.2 Å². The molecule has 1 N–H and O–H groups in total. The van der Waals surface area contributed by atoms with Gasteiger partial charge in [-0.25, -0.2) is 0 Å². The maximum atomic E-state index is 5.38. The Balaban J connectivity index is 1.79. The zero-order chi connectivity index (χ0) is 13.5. The van der Waals surface area contributed by atoms with Crippen LogP contribution in [0, 0.1) is 11.3 Å². The molecular formula is C17H25NO. The molecule has 0 aromatic heterocycles. The summed E-state index contributed by atoms with van der Waals surface area (Å²) in [4.78, 5) is 0. The number of anilines is 1. The first kappa shape index (κ1) is 12.8. The van der Waals surface area contributed by atoms with Crippen LogP contribution in [0.5, 0.6) is 5.75 Å². The molecule has 19 heavy (non-hydrogen) atoms. The monoisotopic (exact) mass is 259 g/mol. The van der Waals surface area contributed by atoms with E-state index in [2.05, 4.69) is 37.4 Å². The molecule has 1 atom stereocenters. The van der Waals surface area contributed by atoms with E-state index in [1.807, 2.05) is 0 Å². The lowest BCUT2D eigenvalue weighted by molar-refractivity contribution is 0.176. The van der Waals surface area contributed by atoms with E-state index in [9.17, 15) is 0 Å². The summed E-state index contributed by atoms with van der Waals surface area (Å²) >= 11 is 0. The summed E-state index contributed by atoms with van der Waals surface area (Å²) in [5, 5.41) is 3.56. The van der Waals surface area contributed by atoms with E-state index >= 15 is 0 Å². The molecule has 2 aliphatic rings. The minimum atomic E-state index is 0.555. The maximum absolute atomic E-state index is 5.38. The van der Waals surface area contributed by atoms with Crippen LogP contribution in [0.2, 0.25) is 0 Å². The fourth-order valence-electron chi connectivity index (χ4n) is 3.71. The molecule has 1 unspecified atom stereocenters. The predicted molar refractivity (Wildman–Crippen MR) is 80.0 cm³/mol. The SMILES string of the molecule is COc1ccc2c(c1)C(C1CCC(C)(C)CC1)CN2. The second-order valence-electron chi connectivity index (χ2n) is 6.94. The Hall–Kier alpha value is -1.18. The normalized spacial score (nSPS) is 25.7. The average molecular weight is 259 g/mol. The molecule has 1 heterocycles. The Kier molecular flexibility index (Phi) is 3.20. The number of hydrogen-bond donors (Lipinski definition) is 1. The molecule has 1 fully saturated rings. The number of benzene rings is 1. The van der Waals surface area contributed by atoms with Crippen molar-refractivity contribution in [3.63, 3.8) is 0 Å². The van der Waals surface area contributed by atoms with Gasteiger partial charge in [-0.2, -0.15) is 0 Å². The molecule has 0 radical (unpaired) electrons. The lowest BCUT2D eigenvalue weighted by atomic mass is 9.68. The fourth-order valence-corrected chi connectivity index (χ4v) is 3.71. The van der Waals surface area contributed by atoms with Crippen molar-refractivity contribution < 1.29 is 4.74 Å². The van der Waals surface area contributed by atoms with Crippen LogP contribution in [-0.2, 0) is 0 Å². The Morgan fingerprint density at radius 1 is 1.21 bits per heavy atom. The molecule has 1 aromatic rings. The molecule has 104 valence electrons. The number of nitrogens with one attached hydrogen (secondary N) is 1. The van der Waals surface area contributed by atoms with E-state index in [0.717, 1.165) is 18.2 Å². The largest absolute Gasteiger partial charge is 0.497 e. The summed E-state index contributed by atoms with van der Waals surface area (Å²) < 4.78 is 5.38. The summed E-state index contributed by atoms with van der Waals surface area (Å²) in [5.74, 6) is 2.51. The van der Waals surface area contributed by atoms with E-state index in [1.54, 1.807) is 7.11 Å². The van der Waals surface area contributed by atoms with Crippen LogP contribution < -0.4 is 10.1 Å². The van der Waals surface area contributed by atoms with Gasteiger partial charge in [0.15, 0.2) is 0 Å². The van der Waals surface area contributed by atoms with Crippen molar-refractivity contribution in [2.45, 2.75) is 45.4 Å². The smallest absolute Gasteiger partial charge is 0.119 e. The van der Waals surface area contributed by atoms with Gasteiger partial charge in [-0.05, 0) is 60.8 Å². The van der Waals surface area contributed by atoms with E-state index < -0.39 is 0 Å². The van der Waals surface area contributed by atoms with Gasteiger partial charge in [-0.1, -0.05) is 13.8 Å². The summed E-state index contributed by atoms with van der Waals surface area (Å²) in [6.45, 7) is 5.92. The highest BCUT2D eigenvalue weighted by molar-refractivity contribution is 5.60. The lowest BCUT2D eigenvalue weighted by Crippen LogP contribution is -2.26. The topological polar surface area (TPSA) is 21.3 Å². The quantitative estimate of drug-likeness (QED) is 0.849. The molecular weight excluding hydrogens is 234 g/mol. The second-order valence-corrected chi connectivity index (χ2v) is 6.94. The summed E-state index contributed by atoms with van der Waals surface area (Å²) in [7, 11) is 1.75. The average Bonchev–Trinajstić information content (AvgIpc) is 2.81.